The second-order valence-corrected chi connectivity index (χ2v) is 7.03. The van der Waals surface area contributed by atoms with E-state index in [9.17, 15) is 4.57 Å². The van der Waals surface area contributed by atoms with Crippen molar-refractivity contribution in [2.24, 2.45) is 5.92 Å². The second-order valence-electron chi connectivity index (χ2n) is 5.79. The number of phosphoric ester groups is 1. The molecule has 11 nitrogen and oxygen atoms in total. The van der Waals surface area contributed by atoms with Crippen molar-refractivity contribution < 1.29 is 28.3 Å². The van der Waals surface area contributed by atoms with E-state index in [-0.39, 0.29) is 18.5 Å². The lowest BCUT2D eigenvalue weighted by Crippen LogP contribution is -2.17. The predicted molar refractivity (Wildman–Crippen MR) is 86.6 cm³/mol. The second kappa shape index (κ2) is 6.85. The number of ether oxygens (including phenoxy) is 2. The molecule has 1 aliphatic heterocycles. The third-order valence-electron chi connectivity index (χ3n) is 3.84. The van der Waals surface area contributed by atoms with Crippen LogP contribution < -0.4 is 10.5 Å². The molecule has 25 heavy (non-hydrogen) atoms. The third-order valence-corrected chi connectivity index (χ3v) is 4.33. The highest BCUT2D eigenvalue weighted by Crippen LogP contribution is 2.40. The van der Waals surface area contributed by atoms with Gasteiger partial charge in [-0.3, -0.25) is 9.09 Å². The number of nitrogens with zero attached hydrogens (tertiary/aromatic N) is 4. The minimum Gasteiger partial charge on any atom is -0.476 e. The largest absolute Gasteiger partial charge is 0.476 e. The highest BCUT2D eigenvalue weighted by molar-refractivity contribution is 7.46. The van der Waals surface area contributed by atoms with Gasteiger partial charge in [-0.05, 0) is 13.3 Å². The van der Waals surface area contributed by atoms with Crippen LogP contribution in [-0.4, -0.2) is 48.6 Å². The van der Waals surface area contributed by atoms with Crippen molar-refractivity contribution >= 4 is 24.9 Å². The molecule has 3 rings (SSSR count). The van der Waals surface area contributed by atoms with Gasteiger partial charge in [-0.1, -0.05) is 6.92 Å². The number of hydrogen-bond donors (Lipinski definition) is 3. The van der Waals surface area contributed by atoms with Crippen LogP contribution in [0.5, 0.6) is 5.88 Å². The van der Waals surface area contributed by atoms with E-state index in [0.29, 0.717) is 30.1 Å². The Kier molecular flexibility index (Phi) is 4.94. The summed E-state index contributed by atoms with van der Waals surface area (Å²) in [5.74, 6) is 0.412. The summed E-state index contributed by atoms with van der Waals surface area (Å²) in [6.45, 7) is 4.01. The lowest BCUT2D eigenvalue weighted by atomic mass is 10.1. The van der Waals surface area contributed by atoms with Crippen LogP contribution in [0.3, 0.4) is 0 Å². The number of phosphoric acid groups is 1. The Morgan fingerprint density at radius 3 is 2.92 bits per heavy atom. The maximum atomic E-state index is 10.8. The molecule has 0 bridgehead atoms. The first-order valence-corrected chi connectivity index (χ1v) is 9.30. The normalized spacial score (nSPS) is 24.1. The van der Waals surface area contributed by atoms with Crippen molar-refractivity contribution in [1.29, 1.82) is 0 Å². The molecule has 0 aliphatic carbocycles. The van der Waals surface area contributed by atoms with Crippen LogP contribution in [-0.2, 0) is 13.8 Å². The van der Waals surface area contributed by atoms with Gasteiger partial charge in [-0.25, -0.2) is 9.55 Å². The first-order chi connectivity index (χ1) is 11.8. The van der Waals surface area contributed by atoms with Crippen LogP contribution in [0.2, 0.25) is 0 Å². The zero-order valence-electron chi connectivity index (χ0n) is 13.8. The molecule has 0 saturated carbocycles. The number of hydrogen-bond acceptors (Lipinski definition) is 8. The van der Waals surface area contributed by atoms with Crippen molar-refractivity contribution in [3.8, 4) is 5.88 Å². The van der Waals surface area contributed by atoms with Crippen LogP contribution >= 0.6 is 7.82 Å². The van der Waals surface area contributed by atoms with Crippen molar-refractivity contribution in [2.75, 3.05) is 18.9 Å². The number of nitrogen functional groups attached to an aromatic ring is 1. The maximum Gasteiger partial charge on any atom is 0.469 e. The van der Waals surface area contributed by atoms with E-state index in [1.54, 1.807) is 10.9 Å². The van der Waals surface area contributed by atoms with Crippen LogP contribution in [0.15, 0.2) is 6.33 Å². The molecule has 2 aromatic heterocycles. The first-order valence-electron chi connectivity index (χ1n) is 7.77. The van der Waals surface area contributed by atoms with Gasteiger partial charge in [0.1, 0.15) is 6.23 Å². The average Bonchev–Trinajstić information content (AvgIpc) is 3.08. The van der Waals surface area contributed by atoms with E-state index in [2.05, 4.69) is 19.5 Å². The van der Waals surface area contributed by atoms with Crippen LogP contribution in [0, 0.1) is 5.92 Å². The summed E-state index contributed by atoms with van der Waals surface area (Å²) in [7, 11) is -4.53. The van der Waals surface area contributed by atoms with Crippen molar-refractivity contribution in [3.63, 3.8) is 0 Å². The molecular formula is C13H20N5O6P. The molecule has 3 atom stereocenters. The fourth-order valence-electron chi connectivity index (χ4n) is 2.88. The fourth-order valence-corrected chi connectivity index (χ4v) is 3.24. The van der Waals surface area contributed by atoms with Crippen LogP contribution in [0.4, 0.5) is 5.95 Å². The number of fused-ring (bicyclic) bond motifs is 1. The summed E-state index contributed by atoms with van der Waals surface area (Å²) in [5, 5.41) is 0. The highest BCUT2D eigenvalue weighted by Gasteiger charge is 2.36. The van der Waals surface area contributed by atoms with Crippen molar-refractivity contribution in [3.05, 3.63) is 6.33 Å². The quantitative estimate of drug-likeness (QED) is 0.620. The molecule has 0 spiro atoms. The molecule has 4 N–H and O–H groups in total. The minimum atomic E-state index is -4.53. The molecule has 0 aromatic carbocycles. The standard InChI is InChI=1S/C13H20N5O6P/c1-3-22-11-9-10(16-13(14)17-11)18(6-15-9)12-7(2)4-8(24-12)5-23-25(19,20)21/h6-8,12H,3-5H2,1-2H3,(H2,14,16,17)(H2,19,20,21). The van der Waals surface area contributed by atoms with Gasteiger partial charge in [0.05, 0.1) is 25.6 Å². The Bertz CT molecular complexity index is 808. The number of rotatable bonds is 6. The molecular weight excluding hydrogens is 353 g/mol. The summed E-state index contributed by atoms with van der Waals surface area (Å²) in [4.78, 5) is 30.2. The van der Waals surface area contributed by atoms with Crippen molar-refractivity contribution in [2.45, 2.75) is 32.6 Å². The summed E-state index contributed by atoms with van der Waals surface area (Å²) < 4.78 is 28.4. The summed E-state index contributed by atoms with van der Waals surface area (Å²) >= 11 is 0. The van der Waals surface area contributed by atoms with Gasteiger partial charge >= 0.3 is 7.82 Å². The van der Waals surface area contributed by atoms with Crippen molar-refractivity contribution in [1.82, 2.24) is 19.5 Å². The lowest BCUT2D eigenvalue weighted by molar-refractivity contribution is -0.0290. The number of anilines is 1. The molecule has 3 unspecified atom stereocenters. The Morgan fingerprint density at radius 2 is 2.24 bits per heavy atom. The zero-order valence-corrected chi connectivity index (χ0v) is 14.7. The molecule has 0 amide bonds. The SMILES string of the molecule is CCOc1nc(N)nc2c1ncn2C1OC(COP(=O)(O)O)CC1C. The molecule has 1 aliphatic rings. The minimum absolute atomic E-state index is 0.0505. The summed E-state index contributed by atoms with van der Waals surface area (Å²) in [6.07, 6.45) is 1.27. The molecule has 2 aromatic rings. The Hall–Kier alpha value is -1.78. The van der Waals surface area contributed by atoms with E-state index in [4.69, 9.17) is 25.0 Å². The zero-order chi connectivity index (χ0) is 18.2. The molecule has 138 valence electrons. The Balaban J connectivity index is 1.85. The molecule has 12 heteroatoms. The van der Waals surface area contributed by atoms with Gasteiger partial charge in [-0.15, -0.1) is 0 Å². The van der Waals surface area contributed by atoms with Gasteiger partial charge in [0.2, 0.25) is 11.8 Å². The Labute approximate surface area is 143 Å². The van der Waals surface area contributed by atoms with E-state index >= 15 is 0 Å². The van der Waals surface area contributed by atoms with E-state index in [0.717, 1.165) is 0 Å². The monoisotopic (exact) mass is 373 g/mol. The van der Waals surface area contributed by atoms with Crippen LogP contribution in [0.25, 0.3) is 11.2 Å². The number of imidazole rings is 1. The highest BCUT2D eigenvalue weighted by atomic mass is 31.2. The van der Waals surface area contributed by atoms with E-state index in [1.807, 2.05) is 13.8 Å². The van der Waals surface area contributed by atoms with Gasteiger partial charge in [-0.2, -0.15) is 9.97 Å². The van der Waals surface area contributed by atoms with Gasteiger partial charge in [0.15, 0.2) is 11.2 Å². The topological polar surface area (TPSA) is 155 Å². The van der Waals surface area contributed by atoms with Gasteiger partial charge in [0, 0.05) is 5.92 Å². The lowest BCUT2D eigenvalue weighted by Gasteiger charge is -2.18. The summed E-state index contributed by atoms with van der Waals surface area (Å²) in [6, 6.07) is 0. The fraction of sp³-hybridized carbons (Fsp3) is 0.615. The first kappa shape index (κ1) is 18.0. The van der Waals surface area contributed by atoms with Gasteiger partial charge in [0.25, 0.3) is 0 Å². The number of aromatic nitrogens is 4. The predicted octanol–water partition coefficient (Wildman–Crippen LogP) is 0.840. The smallest absolute Gasteiger partial charge is 0.469 e. The van der Waals surface area contributed by atoms with Crippen LogP contribution in [0.1, 0.15) is 26.5 Å². The maximum absolute atomic E-state index is 10.8. The van der Waals surface area contributed by atoms with E-state index < -0.39 is 20.2 Å². The summed E-state index contributed by atoms with van der Waals surface area (Å²) in [5.41, 5.74) is 6.70. The molecule has 1 saturated heterocycles. The Morgan fingerprint density at radius 1 is 1.48 bits per heavy atom. The number of nitrogens with two attached hydrogens (primary N) is 1. The van der Waals surface area contributed by atoms with Gasteiger partial charge < -0.3 is 25.0 Å². The average molecular weight is 373 g/mol. The molecule has 1 fully saturated rings. The van der Waals surface area contributed by atoms with E-state index in [1.165, 1.54) is 0 Å². The molecule has 0 radical (unpaired) electrons. The molecule has 3 heterocycles. The third kappa shape index (κ3) is 3.91.